The van der Waals surface area contributed by atoms with Gasteiger partial charge in [0.25, 0.3) is 5.91 Å². The highest BCUT2D eigenvalue weighted by molar-refractivity contribution is 6.05. The van der Waals surface area contributed by atoms with Crippen LogP contribution in [0.4, 0.5) is 15.9 Å². The summed E-state index contributed by atoms with van der Waals surface area (Å²) in [5, 5.41) is 2.92. The van der Waals surface area contributed by atoms with Crippen molar-refractivity contribution < 1.29 is 9.18 Å². The van der Waals surface area contributed by atoms with E-state index in [0.29, 0.717) is 11.3 Å². The molecule has 1 saturated heterocycles. The van der Waals surface area contributed by atoms with Gasteiger partial charge in [0.05, 0.1) is 11.9 Å². The Bertz CT molecular complexity index is 1040. The maximum atomic E-state index is 13.5. The van der Waals surface area contributed by atoms with E-state index in [2.05, 4.69) is 20.1 Å². The molecule has 6 heteroatoms. The summed E-state index contributed by atoms with van der Waals surface area (Å²) < 4.78 is 13.5. The number of anilines is 2. The van der Waals surface area contributed by atoms with Crippen LogP contribution in [0.1, 0.15) is 27.9 Å². The van der Waals surface area contributed by atoms with E-state index < -0.39 is 0 Å². The number of amides is 1. The highest BCUT2D eigenvalue weighted by atomic mass is 19.1. The second-order valence-corrected chi connectivity index (χ2v) is 7.92. The quantitative estimate of drug-likeness (QED) is 0.663. The molecule has 1 fully saturated rings. The maximum Gasteiger partial charge on any atom is 0.255 e. The van der Waals surface area contributed by atoms with Gasteiger partial charge in [0.1, 0.15) is 11.6 Å². The lowest BCUT2D eigenvalue weighted by atomic mass is 10.1. The van der Waals surface area contributed by atoms with Crippen LogP contribution < -0.4 is 10.2 Å². The Morgan fingerprint density at radius 2 is 1.90 bits per heavy atom. The molecule has 1 aliphatic rings. The fourth-order valence-electron chi connectivity index (χ4n) is 3.92. The number of carbonyl (C=O) groups is 1. The smallest absolute Gasteiger partial charge is 0.255 e. The minimum Gasteiger partial charge on any atom is -0.355 e. The Morgan fingerprint density at radius 1 is 1.03 bits per heavy atom. The van der Waals surface area contributed by atoms with Crippen molar-refractivity contribution in [2.24, 2.45) is 0 Å². The number of carbonyl (C=O) groups excluding carboxylic acids is 1. The summed E-state index contributed by atoms with van der Waals surface area (Å²) in [6, 6.07) is 18.2. The van der Waals surface area contributed by atoms with Crippen LogP contribution in [-0.2, 0) is 6.54 Å². The van der Waals surface area contributed by atoms with E-state index in [1.165, 1.54) is 6.07 Å². The molecule has 0 aliphatic carbocycles. The molecule has 3 aromatic rings. The van der Waals surface area contributed by atoms with Gasteiger partial charge in [0, 0.05) is 38.3 Å². The molecule has 2 heterocycles. The fraction of sp³-hybridized carbons (Fsp3) is 0.280. The Balaban J connectivity index is 1.34. The van der Waals surface area contributed by atoms with Gasteiger partial charge in [-0.1, -0.05) is 30.3 Å². The first kappa shape index (κ1) is 21.0. The number of rotatable bonds is 5. The van der Waals surface area contributed by atoms with E-state index >= 15 is 0 Å². The summed E-state index contributed by atoms with van der Waals surface area (Å²) in [5.74, 6) is 0.588. The number of aryl methyl sites for hydroxylation is 1. The molecule has 0 unspecified atom stereocenters. The summed E-state index contributed by atoms with van der Waals surface area (Å²) in [5.41, 5.74) is 3.29. The third kappa shape index (κ3) is 5.47. The molecule has 1 N–H and O–H groups in total. The lowest BCUT2D eigenvalue weighted by molar-refractivity contribution is 0.102. The zero-order valence-corrected chi connectivity index (χ0v) is 17.7. The van der Waals surface area contributed by atoms with Gasteiger partial charge < -0.3 is 10.2 Å². The average molecular weight is 419 g/mol. The molecule has 2 aromatic carbocycles. The Kier molecular flexibility index (Phi) is 6.57. The number of pyridine rings is 1. The second-order valence-electron chi connectivity index (χ2n) is 7.92. The maximum absolute atomic E-state index is 13.5. The molecule has 0 atom stereocenters. The molecule has 4 rings (SSSR count). The number of aromatic nitrogens is 1. The molecule has 31 heavy (non-hydrogen) atoms. The first-order chi connectivity index (χ1) is 15.1. The van der Waals surface area contributed by atoms with E-state index in [0.717, 1.165) is 56.1 Å². The summed E-state index contributed by atoms with van der Waals surface area (Å²) in [6.45, 7) is 6.32. The molecule has 0 saturated carbocycles. The van der Waals surface area contributed by atoms with Crippen LogP contribution in [0, 0.1) is 12.7 Å². The van der Waals surface area contributed by atoms with Crippen LogP contribution in [0.15, 0.2) is 66.9 Å². The Hall–Kier alpha value is -3.25. The molecule has 0 spiro atoms. The van der Waals surface area contributed by atoms with Crippen molar-refractivity contribution >= 4 is 17.4 Å². The number of hydrogen-bond acceptors (Lipinski definition) is 4. The lowest BCUT2D eigenvalue weighted by Gasteiger charge is -2.23. The third-order valence-corrected chi connectivity index (χ3v) is 5.60. The van der Waals surface area contributed by atoms with Gasteiger partial charge in [0.2, 0.25) is 0 Å². The van der Waals surface area contributed by atoms with Crippen molar-refractivity contribution in [2.45, 2.75) is 19.9 Å². The van der Waals surface area contributed by atoms with Gasteiger partial charge in [-0.3, -0.25) is 9.69 Å². The van der Waals surface area contributed by atoms with Gasteiger partial charge in [-0.05, 0) is 54.8 Å². The highest BCUT2D eigenvalue weighted by Crippen LogP contribution is 2.18. The van der Waals surface area contributed by atoms with Crippen molar-refractivity contribution in [1.29, 1.82) is 0 Å². The number of hydrogen-bond donors (Lipinski definition) is 1. The largest absolute Gasteiger partial charge is 0.355 e. The predicted octanol–water partition coefficient (Wildman–Crippen LogP) is 4.49. The first-order valence-electron chi connectivity index (χ1n) is 10.6. The normalized spacial score (nSPS) is 14.8. The topological polar surface area (TPSA) is 48.5 Å². The van der Waals surface area contributed by atoms with Crippen LogP contribution in [0.25, 0.3) is 0 Å². The zero-order chi connectivity index (χ0) is 21.6. The van der Waals surface area contributed by atoms with Crippen LogP contribution in [-0.4, -0.2) is 42.0 Å². The summed E-state index contributed by atoms with van der Waals surface area (Å²) in [7, 11) is 0. The van der Waals surface area contributed by atoms with Crippen LogP contribution in [0.2, 0.25) is 0 Å². The van der Waals surface area contributed by atoms with Crippen molar-refractivity contribution in [3.05, 3.63) is 89.4 Å². The first-order valence-corrected chi connectivity index (χ1v) is 10.6. The molecule has 5 nitrogen and oxygen atoms in total. The fourth-order valence-corrected chi connectivity index (χ4v) is 3.92. The van der Waals surface area contributed by atoms with Crippen molar-refractivity contribution in [3.63, 3.8) is 0 Å². The zero-order valence-electron chi connectivity index (χ0n) is 17.7. The van der Waals surface area contributed by atoms with Gasteiger partial charge in [-0.15, -0.1) is 0 Å². The van der Waals surface area contributed by atoms with E-state index in [-0.39, 0.29) is 11.7 Å². The summed E-state index contributed by atoms with van der Waals surface area (Å²) in [6.07, 6.45) is 2.73. The van der Waals surface area contributed by atoms with Crippen molar-refractivity contribution in [1.82, 2.24) is 9.88 Å². The molecular weight excluding hydrogens is 391 g/mol. The number of halogens is 1. The lowest BCUT2D eigenvalue weighted by Crippen LogP contribution is -2.31. The van der Waals surface area contributed by atoms with Gasteiger partial charge in [-0.25, -0.2) is 9.37 Å². The van der Waals surface area contributed by atoms with E-state index in [4.69, 9.17) is 0 Å². The summed E-state index contributed by atoms with van der Waals surface area (Å²) in [4.78, 5) is 21.7. The van der Waals surface area contributed by atoms with Crippen molar-refractivity contribution in [3.8, 4) is 0 Å². The number of nitrogens with one attached hydrogen (secondary N) is 1. The van der Waals surface area contributed by atoms with Gasteiger partial charge in [-0.2, -0.15) is 0 Å². The van der Waals surface area contributed by atoms with Crippen LogP contribution in [0.5, 0.6) is 0 Å². The van der Waals surface area contributed by atoms with E-state index in [1.54, 1.807) is 18.3 Å². The van der Waals surface area contributed by atoms with Crippen molar-refractivity contribution in [2.75, 3.05) is 36.4 Å². The molecule has 0 bridgehead atoms. The monoisotopic (exact) mass is 418 g/mol. The minimum absolute atomic E-state index is 0.129. The van der Waals surface area contributed by atoms with E-state index in [9.17, 15) is 9.18 Å². The Morgan fingerprint density at radius 3 is 2.68 bits per heavy atom. The molecule has 1 amide bonds. The molecule has 1 aliphatic heterocycles. The van der Waals surface area contributed by atoms with Gasteiger partial charge >= 0.3 is 0 Å². The molecule has 1 aromatic heterocycles. The predicted molar refractivity (Wildman–Crippen MR) is 122 cm³/mol. The SMILES string of the molecule is Cc1ccccc1C(=O)Nc1ccc(N2CCCN(Cc3cccc(F)c3)CC2)nc1. The van der Waals surface area contributed by atoms with Gasteiger partial charge in [0.15, 0.2) is 0 Å². The minimum atomic E-state index is -0.187. The van der Waals surface area contributed by atoms with E-state index in [1.807, 2.05) is 49.4 Å². The highest BCUT2D eigenvalue weighted by Gasteiger charge is 2.17. The Labute approximate surface area is 182 Å². The summed E-state index contributed by atoms with van der Waals surface area (Å²) >= 11 is 0. The van der Waals surface area contributed by atoms with Crippen LogP contribution >= 0.6 is 0 Å². The molecule has 160 valence electrons. The average Bonchev–Trinajstić information content (AvgIpc) is 3.00. The molecular formula is C25H27FN4O. The molecule has 0 radical (unpaired) electrons. The second kappa shape index (κ2) is 9.71. The standard InChI is InChI=1S/C25H27FN4O/c1-19-6-2-3-9-23(19)25(31)28-22-10-11-24(27-17-22)30-13-5-12-29(14-15-30)18-20-7-4-8-21(26)16-20/h2-4,6-11,16-17H,5,12-15,18H2,1H3,(H,28,31). The third-order valence-electron chi connectivity index (χ3n) is 5.60. The van der Waals surface area contributed by atoms with Crippen LogP contribution in [0.3, 0.4) is 0 Å². The number of nitrogens with zero attached hydrogens (tertiary/aromatic N) is 3. The number of benzene rings is 2.